The number of nitrogens with one attached hydrogen (secondary N) is 1. The fourth-order valence-electron chi connectivity index (χ4n) is 3.98. The lowest BCUT2D eigenvalue weighted by Gasteiger charge is -2.36. The first-order chi connectivity index (χ1) is 13.3. The van der Waals surface area contributed by atoms with E-state index < -0.39 is 0 Å². The van der Waals surface area contributed by atoms with E-state index in [1.807, 2.05) is 12.1 Å². The first-order valence-corrected chi connectivity index (χ1v) is 10.3. The number of carbonyl (C=O) groups is 1. The molecule has 1 aliphatic rings. The molecular formula is C22H32N4O2. The number of amides is 1. The lowest BCUT2D eigenvalue weighted by Crippen LogP contribution is -2.39. The Morgan fingerprint density at radius 3 is 2.50 bits per heavy atom. The standard InChI is InChI=1S/C22H32N4O2/c1-14(2)18(21-25-19(26-28-21)16-7-6-12-23-13-16)24-20(27)15-8-10-17(11-9-15)22(3,4)5/h6-7,12-15,17-18H,8-11H2,1-5H3,(H,24,27). The normalized spacial score (nSPS) is 21.5. The van der Waals surface area contributed by atoms with E-state index in [9.17, 15) is 4.79 Å². The highest BCUT2D eigenvalue weighted by molar-refractivity contribution is 5.79. The molecule has 2 aromatic rings. The van der Waals surface area contributed by atoms with Crippen LogP contribution in [0.4, 0.5) is 0 Å². The molecule has 0 bridgehead atoms. The smallest absolute Gasteiger partial charge is 0.249 e. The maximum absolute atomic E-state index is 12.9. The van der Waals surface area contributed by atoms with Crippen LogP contribution in [0.3, 0.4) is 0 Å². The van der Waals surface area contributed by atoms with Gasteiger partial charge in [0.2, 0.25) is 17.6 Å². The minimum atomic E-state index is -0.286. The molecule has 2 heterocycles. The number of hydrogen-bond acceptors (Lipinski definition) is 5. The average molecular weight is 385 g/mol. The second-order valence-corrected chi connectivity index (χ2v) is 9.34. The molecule has 1 amide bonds. The Hall–Kier alpha value is -2.24. The van der Waals surface area contributed by atoms with E-state index in [2.05, 4.69) is 55.1 Å². The Morgan fingerprint density at radius 2 is 1.93 bits per heavy atom. The van der Waals surface area contributed by atoms with Gasteiger partial charge in [-0.3, -0.25) is 9.78 Å². The monoisotopic (exact) mass is 384 g/mol. The lowest BCUT2D eigenvalue weighted by atomic mass is 9.69. The van der Waals surface area contributed by atoms with E-state index in [-0.39, 0.29) is 23.8 Å². The molecule has 0 radical (unpaired) electrons. The number of pyridine rings is 1. The third kappa shape index (κ3) is 4.78. The van der Waals surface area contributed by atoms with Gasteiger partial charge < -0.3 is 9.84 Å². The molecule has 0 saturated heterocycles. The summed E-state index contributed by atoms with van der Waals surface area (Å²) in [4.78, 5) is 21.5. The van der Waals surface area contributed by atoms with Crippen LogP contribution in [0.1, 0.15) is 72.2 Å². The highest BCUT2D eigenvalue weighted by atomic mass is 16.5. The molecule has 1 atom stereocenters. The maximum Gasteiger partial charge on any atom is 0.249 e. The van der Waals surface area contributed by atoms with Crippen LogP contribution in [0.25, 0.3) is 11.4 Å². The van der Waals surface area contributed by atoms with Crippen molar-refractivity contribution in [3.05, 3.63) is 30.4 Å². The van der Waals surface area contributed by atoms with Crippen LogP contribution in [0.2, 0.25) is 0 Å². The van der Waals surface area contributed by atoms with E-state index >= 15 is 0 Å². The van der Waals surface area contributed by atoms with E-state index in [0.717, 1.165) is 31.2 Å². The van der Waals surface area contributed by atoms with Gasteiger partial charge in [-0.25, -0.2) is 0 Å². The van der Waals surface area contributed by atoms with Crippen molar-refractivity contribution >= 4 is 5.91 Å². The van der Waals surface area contributed by atoms with Gasteiger partial charge in [0.15, 0.2) is 0 Å². The molecule has 2 aromatic heterocycles. The Morgan fingerprint density at radius 1 is 1.21 bits per heavy atom. The molecule has 152 valence electrons. The Labute approximate surface area is 167 Å². The lowest BCUT2D eigenvalue weighted by molar-refractivity contribution is -0.127. The zero-order chi connectivity index (χ0) is 20.3. The van der Waals surface area contributed by atoms with E-state index in [4.69, 9.17) is 4.52 Å². The van der Waals surface area contributed by atoms with Gasteiger partial charge in [0.1, 0.15) is 6.04 Å². The molecule has 1 unspecified atom stereocenters. The predicted octanol–water partition coefficient (Wildman–Crippen LogP) is 4.80. The second kappa shape index (κ2) is 8.41. The second-order valence-electron chi connectivity index (χ2n) is 9.34. The molecule has 1 N–H and O–H groups in total. The third-order valence-electron chi connectivity index (χ3n) is 5.91. The van der Waals surface area contributed by atoms with Crippen molar-refractivity contribution in [2.24, 2.45) is 23.2 Å². The first-order valence-electron chi connectivity index (χ1n) is 10.3. The molecule has 28 heavy (non-hydrogen) atoms. The molecule has 6 nitrogen and oxygen atoms in total. The van der Waals surface area contributed by atoms with Crippen LogP contribution < -0.4 is 5.32 Å². The zero-order valence-electron chi connectivity index (χ0n) is 17.6. The van der Waals surface area contributed by atoms with E-state index in [0.29, 0.717) is 23.0 Å². The van der Waals surface area contributed by atoms with Crippen molar-refractivity contribution in [2.45, 2.75) is 66.3 Å². The van der Waals surface area contributed by atoms with Crippen LogP contribution in [0.15, 0.2) is 29.0 Å². The summed E-state index contributed by atoms with van der Waals surface area (Å²) in [7, 11) is 0. The molecule has 6 heteroatoms. The summed E-state index contributed by atoms with van der Waals surface area (Å²) in [6.45, 7) is 11.0. The zero-order valence-corrected chi connectivity index (χ0v) is 17.6. The summed E-state index contributed by atoms with van der Waals surface area (Å²) in [5, 5.41) is 7.24. The minimum Gasteiger partial charge on any atom is -0.344 e. The average Bonchev–Trinajstić information content (AvgIpc) is 3.15. The van der Waals surface area contributed by atoms with Gasteiger partial charge in [-0.15, -0.1) is 0 Å². The number of rotatable bonds is 5. The van der Waals surface area contributed by atoms with Crippen LogP contribution in [0, 0.1) is 23.2 Å². The fourth-order valence-corrected chi connectivity index (χ4v) is 3.98. The first kappa shape index (κ1) is 20.5. The van der Waals surface area contributed by atoms with Gasteiger partial charge >= 0.3 is 0 Å². The summed E-state index contributed by atoms with van der Waals surface area (Å²) < 4.78 is 5.49. The molecule has 1 aliphatic carbocycles. The van der Waals surface area contributed by atoms with Gasteiger partial charge in [0.05, 0.1) is 0 Å². The molecule has 1 saturated carbocycles. The molecule has 3 rings (SSSR count). The van der Waals surface area contributed by atoms with Crippen LogP contribution in [-0.2, 0) is 4.79 Å². The van der Waals surface area contributed by atoms with E-state index in [1.54, 1.807) is 12.4 Å². The third-order valence-corrected chi connectivity index (χ3v) is 5.91. The summed E-state index contributed by atoms with van der Waals surface area (Å²) in [6.07, 6.45) is 7.52. The Bertz CT molecular complexity index is 771. The van der Waals surface area contributed by atoms with Gasteiger partial charge in [0, 0.05) is 23.9 Å². The van der Waals surface area contributed by atoms with Gasteiger partial charge in [-0.05, 0) is 55.1 Å². The van der Waals surface area contributed by atoms with Gasteiger partial charge in [-0.1, -0.05) is 39.8 Å². The SMILES string of the molecule is CC(C)C(NC(=O)C1CCC(C(C)(C)C)CC1)c1nc(-c2cccnc2)no1. The largest absolute Gasteiger partial charge is 0.344 e. The van der Waals surface area contributed by atoms with Gasteiger partial charge in [0.25, 0.3) is 0 Å². The maximum atomic E-state index is 12.9. The quantitative estimate of drug-likeness (QED) is 0.801. The topological polar surface area (TPSA) is 80.9 Å². The summed E-state index contributed by atoms with van der Waals surface area (Å²) >= 11 is 0. The number of hydrogen-bond donors (Lipinski definition) is 1. The molecular weight excluding hydrogens is 352 g/mol. The molecule has 0 spiro atoms. The number of carbonyl (C=O) groups excluding carboxylic acids is 1. The van der Waals surface area contributed by atoms with Crippen molar-refractivity contribution in [3.63, 3.8) is 0 Å². The van der Waals surface area contributed by atoms with Crippen molar-refractivity contribution in [1.82, 2.24) is 20.4 Å². The Kier molecular flexibility index (Phi) is 6.16. The molecule has 1 fully saturated rings. The van der Waals surface area contributed by atoms with Crippen molar-refractivity contribution in [1.29, 1.82) is 0 Å². The highest BCUT2D eigenvalue weighted by Crippen LogP contribution is 2.40. The van der Waals surface area contributed by atoms with Crippen LogP contribution in [-0.4, -0.2) is 21.0 Å². The van der Waals surface area contributed by atoms with Crippen molar-refractivity contribution in [2.75, 3.05) is 0 Å². The van der Waals surface area contributed by atoms with Crippen LogP contribution >= 0.6 is 0 Å². The number of aromatic nitrogens is 3. The molecule has 0 aromatic carbocycles. The summed E-state index contributed by atoms with van der Waals surface area (Å²) in [5.41, 5.74) is 1.11. The minimum absolute atomic E-state index is 0.0700. The fraction of sp³-hybridized carbons (Fsp3) is 0.636. The Balaban J connectivity index is 1.66. The highest BCUT2D eigenvalue weighted by Gasteiger charge is 2.34. The van der Waals surface area contributed by atoms with Crippen LogP contribution in [0.5, 0.6) is 0 Å². The predicted molar refractivity (Wildman–Crippen MR) is 108 cm³/mol. The van der Waals surface area contributed by atoms with E-state index in [1.165, 1.54) is 0 Å². The number of nitrogens with zero attached hydrogens (tertiary/aromatic N) is 3. The molecule has 0 aliphatic heterocycles. The van der Waals surface area contributed by atoms with Gasteiger partial charge in [-0.2, -0.15) is 4.98 Å². The van der Waals surface area contributed by atoms with Crippen molar-refractivity contribution < 1.29 is 9.32 Å². The summed E-state index contributed by atoms with van der Waals surface area (Å²) in [6, 6.07) is 3.44. The summed E-state index contributed by atoms with van der Waals surface area (Å²) in [5.74, 6) is 1.96. The van der Waals surface area contributed by atoms with Crippen molar-refractivity contribution in [3.8, 4) is 11.4 Å².